The number of nitrogens with zero attached hydrogens (tertiary/aromatic N) is 1. The number of phenolic OH excluding ortho intramolecular Hbond substituents is 1. The average Bonchev–Trinajstić information content (AvgIpc) is 3.01. The molecule has 0 unspecified atom stereocenters. The second-order valence-electron chi connectivity index (χ2n) is 8.19. The number of aryl methyl sites for hydroxylation is 1. The van der Waals surface area contributed by atoms with E-state index in [1.54, 1.807) is 6.07 Å². The zero-order valence-electron chi connectivity index (χ0n) is 16.2. The summed E-state index contributed by atoms with van der Waals surface area (Å²) in [4.78, 5) is 2.25. The molecule has 0 radical (unpaired) electrons. The van der Waals surface area contributed by atoms with E-state index < -0.39 is 11.0 Å². The Bertz CT molecular complexity index is 779. The molecule has 0 bridgehead atoms. The van der Waals surface area contributed by atoms with Crippen molar-refractivity contribution < 1.29 is 14.9 Å². The Hall–Kier alpha value is -1.82. The van der Waals surface area contributed by atoms with Gasteiger partial charge in [0.2, 0.25) is 0 Å². The molecule has 5 nitrogen and oxygen atoms in total. The fraction of sp³-hybridized carbons (Fsp3) is 0.545. The summed E-state index contributed by atoms with van der Waals surface area (Å²) < 4.78 is 6.39. The predicted molar refractivity (Wildman–Crippen MR) is 106 cm³/mol. The lowest BCUT2D eigenvalue weighted by molar-refractivity contribution is -0.172. The molecule has 2 fully saturated rings. The first-order valence-corrected chi connectivity index (χ1v) is 9.81. The molecule has 3 aliphatic rings. The van der Waals surface area contributed by atoms with Gasteiger partial charge in [-0.15, -0.1) is 13.2 Å². The third-order valence-corrected chi connectivity index (χ3v) is 7.13. The van der Waals surface area contributed by atoms with E-state index in [1.165, 1.54) is 0 Å². The second kappa shape index (κ2) is 6.36. The maximum Gasteiger partial charge on any atom is 0.165 e. The number of aliphatic hydroxyl groups is 1. The lowest BCUT2D eigenvalue weighted by Crippen LogP contribution is -2.75. The lowest BCUT2D eigenvalue weighted by Gasteiger charge is -2.61. The third kappa shape index (κ3) is 2.22. The first-order valence-electron chi connectivity index (χ1n) is 9.81. The van der Waals surface area contributed by atoms with E-state index >= 15 is 0 Å². The number of nitrogens with one attached hydrogen (secondary N) is 1. The highest BCUT2D eigenvalue weighted by molar-refractivity contribution is 5.60. The summed E-state index contributed by atoms with van der Waals surface area (Å²) in [6.07, 6.45) is 5.75. The Kier molecular flexibility index (Phi) is 4.37. The number of benzene rings is 1. The van der Waals surface area contributed by atoms with Gasteiger partial charge in [0.05, 0.1) is 17.1 Å². The molecule has 0 amide bonds. The van der Waals surface area contributed by atoms with Crippen LogP contribution < -0.4 is 10.1 Å². The number of fused-ring (bicyclic) bond motifs is 1. The zero-order valence-corrected chi connectivity index (χ0v) is 16.2. The standard InChI is InChI=1S/C22H30N2O3/c1-5-12-24-13-11-21-18-14(3)7-8-16(25)19(18)27-20(21)15(23-4)9-10-22(21,26)17(24)6-2/h5-8,15,17,20,23,25-26H,1-2,9-13H2,3-4H3/t15-,17-,20+,21+,22-/m1/s1. The Morgan fingerprint density at radius 2 is 2.15 bits per heavy atom. The summed E-state index contributed by atoms with van der Waals surface area (Å²) in [5, 5.41) is 26.2. The van der Waals surface area contributed by atoms with Gasteiger partial charge in [-0.3, -0.25) is 4.90 Å². The number of aromatic hydroxyl groups is 1. The van der Waals surface area contributed by atoms with Crippen molar-refractivity contribution in [3.05, 3.63) is 48.6 Å². The van der Waals surface area contributed by atoms with E-state index in [0.717, 1.165) is 30.5 Å². The predicted octanol–water partition coefficient (Wildman–Crippen LogP) is 2.26. The van der Waals surface area contributed by atoms with Gasteiger partial charge in [-0.2, -0.15) is 0 Å². The molecule has 1 aromatic rings. The van der Waals surface area contributed by atoms with Crippen LogP contribution in [0, 0.1) is 6.92 Å². The number of rotatable bonds is 4. The van der Waals surface area contributed by atoms with Crippen molar-refractivity contribution in [2.45, 2.75) is 55.4 Å². The molecule has 4 rings (SSSR count). The lowest BCUT2D eigenvalue weighted by atomic mass is 9.51. The van der Waals surface area contributed by atoms with Crippen molar-refractivity contribution in [3.8, 4) is 11.5 Å². The van der Waals surface area contributed by atoms with Gasteiger partial charge < -0.3 is 20.3 Å². The maximum absolute atomic E-state index is 12.2. The Morgan fingerprint density at radius 3 is 2.81 bits per heavy atom. The zero-order chi connectivity index (χ0) is 19.4. The van der Waals surface area contributed by atoms with Crippen LogP contribution in [0.5, 0.6) is 11.5 Å². The summed E-state index contributed by atoms with van der Waals surface area (Å²) in [6, 6.07) is 3.54. The molecule has 1 spiro atoms. The highest BCUT2D eigenvalue weighted by Gasteiger charge is 2.70. The summed E-state index contributed by atoms with van der Waals surface area (Å²) >= 11 is 0. The minimum absolute atomic E-state index is 0.118. The van der Waals surface area contributed by atoms with Crippen LogP contribution in [0.3, 0.4) is 0 Å². The fourth-order valence-corrected chi connectivity index (χ4v) is 6.02. The van der Waals surface area contributed by atoms with Crippen molar-refractivity contribution in [1.82, 2.24) is 10.2 Å². The number of phenols is 1. The number of ether oxygens (including phenoxy) is 1. The largest absolute Gasteiger partial charge is 0.504 e. The van der Waals surface area contributed by atoms with Crippen molar-refractivity contribution >= 4 is 0 Å². The minimum atomic E-state index is -1.02. The van der Waals surface area contributed by atoms with Crippen LogP contribution in [0.1, 0.15) is 30.4 Å². The van der Waals surface area contributed by atoms with Crippen molar-refractivity contribution in [2.24, 2.45) is 0 Å². The first kappa shape index (κ1) is 18.5. The normalized spacial score (nSPS) is 37.7. The van der Waals surface area contributed by atoms with Crippen LogP contribution in [0.2, 0.25) is 0 Å². The van der Waals surface area contributed by atoms with Crippen LogP contribution in [0.4, 0.5) is 0 Å². The molecule has 1 aliphatic carbocycles. The van der Waals surface area contributed by atoms with Gasteiger partial charge in [-0.05, 0) is 44.9 Å². The summed E-state index contributed by atoms with van der Waals surface area (Å²) in [5.74, 6) is 0.695. The van der Waals surface area contributed by atoms with Gasteiger partial charge >= 0.3 is 0 Å². The summed E-state index contributed by atoms with van der Waals surface area (Å²) in [6.45, 7) is 11.5. The molecule has 2 aliphatic heterocycles. The van der Waals surface area contributed by atoms with Gasteiger partial charge in [-0.25, -0.2) is 0 Å². The number of likely N-dealkylation sites (N-methyl/N-ethyl adjacent to an activating group) is 1. The quantitative estimate of drug-likeness (QED) is 0.710. The van der Waals surface area contributed by atoms with Crippen LogP contribution in [-0.2, 0) is 5.41 Å². The summed E-state index contributed by atoms with van der Waals surface area (Å²) in [7, 11) is 1.94. The van der Waals surface area contributed by atoms with Crippen LogP contribution in [0.25, 0.3) is 0 Å². The average molecular weight is 370 g/mol. The molecule has 5 atom stereocenters. The molecule has 1 saturated carbocycles. The van der Waals surface area contributed by atoms with E-state index in [9.17, 15) is 10.2 Å². The number of hydrogen-bond donors (Lipinski definition) is 3. The molecule has 27 heavy (non-hydrogen) atoms. The molecular weight excluding hydrogens is 340 g/mol. The van der Waals surface area contributed by atoms with Gasteiger partial charge in [0.25, 0.3) is 0 Å². The first-order chi connectivity index (χ1) is 12.9. The molecule has 0 aromatic heterocycles. The smallest absolute Gasteiger partial charge is 0.165 e. The molecule has 146 valence electrons. The van der Waals surface area contributed by atoms with E-state index in [4.69, 9.17) is 4.74 Å². The Balaban J connectivity index is 1.95. The monoisotopic (exact) mass is 370 g/mol. The van der Waals surface area contributed by atoms with Crippen LogP contribution >= 0.6 is 0 Å². The molecule has 2 heterocycles. The van der Waals surface area contributed by atoms with E-state index in [2.05, 4.69) is 23.4 Å². The highest BCUT2D eigenvalue weighted by Crippen LogP contribution is 2.62. The van der Waals surface area contributed by atoms with Gasteiger partial charge in [0, 0.05) is 24.7 Å². The summed E-state index contributed by atoms with van der Waals surface area (Å²) in [5.41, 5.74) is 0.436. The number of likely N-dealkylation sites (tertiary alicyclic amines) is 1. The topological polar surface area (TPSA) is 65.0 Å². The van der Waals surface area contributed by atoms with Crippen LogP contribution in [-0.4, -0.2) is 59.0 Å². The van der Waals surface area contributed by atoms with Gasteiger partial charge in [-0.1, -0.05) is 18.2 Å². The van der Waals surface area contributed by atoms with Gasteiger partial charge in [0.15, 0.2) is 11.5 Å². The molecule has 1 aromatic carbocycles. The van der Waals surface area contributed by atoms with Gasteiger partial charge in [0.1, 0.15) is 6.10 Å². The molecule has 5 heteroatoms. The van der Waals surface area contributed by atoms with Crippen LogP contribution in [0.15, 0.2) is 37.4 Å². The Labute approximate surface area is 161 Å². The minimum Gasteiger partial charge on any atom is -0.504 e. The molecular formula is C22H30N2O3. The van der Waals surface area contributed by atoms with Crippen molar-refractivity contribution in [1.29, 1.82) is 0 Å². The van der Waals surface area contributed by atoms with Crippen molar-refractivity contribution in [3.63, 3.8) is 0 Å². The SMILES string of the molecule is C=CCN1CC[C@]23c4c(C)ccc(O)c4O[C@H]2[C@H](NC)CC[C@@]3(O)[C@H]1C=C. The number of hydrogen-bond acceptors (Lipinski definition) is 5. The highest BCUT2D eigenvalue weighted by atomic mass is 16.5. The molecule has 1 saturated heterocycles. The third-order valence-electron chi connectivity index (χ3n) is 7.13. The molecule has 3 N–H and O–H groups in total. The van der Waals surface area contributed by atoms with Crippen molar-refractivity contribution in [2.75, 3.05) is 20.1 Å². The van der Waals surface area contributed by atoms with E-state index in [0.29, 0.717) is 18.7 Å². The Morgan fingerprint density at radius 1 is 1.37 bits per heavy atom. The second-order valence-corrected chi connectivity index (χ2v) is 8.19. The van der Waals surface area contributed by atoms with E-state index in [-0.39, 0.29) is 23.9 Å². The van der Waals surface area contributed by atoms with E-state index in [1.807, 2.05) is 32.2 Å². The fourth-order valence-electron chi connectivity index (χ4n) is 6.02. The maximum atomic E-state index is 12.2. The number of piperidine rings is 1.